The lowest BCUT2D eigenvalue weighted by molar-refractivity contribution is -0.134. The van der Waals surface area contributed by atoms with Gasteiger partial charge in [-0.15, -0.1) is 0 Å². The Morgan fingerprint density at radius 1 is 1.08 bits per heavy atom. The Morgan fingerprint density at radius 2 is 1.71 bits per heavy atom. The van der Waals surface area contributed by atoms with E-state index in [0.717, 1.165) is 37.8 Å². The Kier molecular flexibility index (Phi) is 9.10. The molecule has 12 heteroatoms. The number of rotatable bonds is 7. The van der Waals surface area contributed by atoms with Crippen LogP contribution < -0.4 is 22.5 Å². The SMILES string of the molecule is CN(Cc1ccc(-n2ccc(NC(=O)N3CCN(C(=O)[C@@H](N)CO)CC3)nc2=O)cc1)[C@H]1CC[C@H](N)CC1. The predicted molar refractivity (Wildman–Crippen MR) is 144 cm³/mol. The molecule has 0 spiro atoms. The molecule has 12 nitrogen and oxygen atoms in total. The van der Waals surface area contributed by atoms with E-state index in [1.165, 1.54) is 9.47 Å². The molecule has 2 fully saturated rings. The molecule has 2 heterocycles. The zero-order chi connectivity index (χ0) is 27.2. The summed E-state index contributed by atoms with van der Waals surface area (Å²) in [5.74, 6) is -0.185. The number of nitrogens with two attached hydrogens (primary N) is 2. The zero-order valence-corrected chi connectivity index (χ0v) is 21.8. The van der Waals surface area contributed by atoms with Gasteiger partial charge in [-0.05, 0) is 56.5 Å². The molecule has 0 bridgehead atoms. The molecule has 6 N–H and O–H groups in total. The Labute approximate surface area is 222 Å². The van der Waals surface area contributed by atoms with Crippen LogP contribution in [-0.4, -0.2) is 99.3 Å². The van der Waals surface area contributed by atoms with E-state index in [1.54, 1.807) is 17.2 Å². The minimum absolute atomic E-state index is 0.155. The number of aliphatic hydroxyl groups is 1. The first-order valence-electron chi connectivity index (χ1n) is 13.1. The highest BCUT2D eigenvalue weighted by Crippen LogP contribution is 2.22. The van der Waals surface area contributed by atoms with Gasteiger partial charge in [0.25, 0.3) is 0 Å². The van der Waals surface area contributed by atoms with Gasteiger partial charge in [0.2, 0.25) is 5.91 Å². The third kappa shape index (κ3) is 6.76. The van der Waals surface area contributed by atoms with Crippen molar-refractivity contribution in [3.05, 3.63) is 52.6 Å². The molecular formula is C26H38N8O4. The van der Waals surface area contributed by atoms with E-state index in [0.29, 0.717) is 44.0 Å². The molecule has 1 aliphatic carbocycles. The number of amides is 3. The summed E-state index contributed by atoms with van der Waals surface area (Å²) in [5.41, 5.74) is 13.0. The summed E-state index contributed by atoms with van der Waals surface area (Å²) < 4.78 is 1.43. The summed E-state index contributed by atoms with van der Waals surface area (Å²) in [5, 5.41) is 11.7. The van der Waals surface area contributed by atoms with Crippen molar-refractivity contribution in [3.63, 3.8) is 0 Å². The lowest BCUT2D eigenvalue weighted by Crippen LogP contribution is -2.55. The van der Waals surface area contributed by atoms with Gasteiger partial charge in [0.1, 0.15) is 11.9 Å². The number of nitrogens with zero attached hydrogens (tertiary/aromatic N) is 5. The van der Waals surface area contributed by atoms with Crippen molar-refractivity contribution in [2.24, 2.45) is 11.5 Å². The molecule has 1 atom stereocenters. The first-order valence-corrected chi connectivity index (χ1v) is 13.1. The van der Waals surface area contributed by atoms with Crippen LogP contribution in [0.4, 0.5) is 10.6 Å². The smallest absolute Gasteiger partial charge is 0.354 e. The first-order chi connectivity index (χ1) is 18.2. The highest BCUT2D eigenvalue weighted by molar-refractivity contribution is 5.88. The number of hydrogen-bond donors (Lipinski definition) is 4. The topological polar surface area (TPSA) is 163 Å². The Hall–Kier alpha value is -3.32. The lowest BCUT2D eigenvalue weighted by atomic mass is 9.91. The van der Waals surface area contributed by atoms with Crippen LogP contribution in [0.25, 0.3) is 5.69 Å². The number of anilines is 1. The fourth-order valence-corrected chi connectivity index (χ4v) is 5.02. The normalized spacial score (nSPS) is 20.9. The first kappa shape index (κ1) is 27.7. The molecule has 0 unspecified atom stereocenters. The summed E-state index contributed by atoms with van der Waals surface area (Å²) in [6, 6.07) is 8.91. The van der Waals surface area contributed by atoms with Crippen molar-refractivity contribution in [2.75, 3.05) is 45.2 Å². The molecular weight excluding hydrogens is 488 g/mol. The van der Waals surface area contributed by atoms with Crippen molar-refractivity contribution < 1.29 is 14.7 Å². The van der Waals surface area contributed by atoms with Crippen molar-refractivity contribution >= 4 is 17.8 Å². The number of hydrogen-bond acceptors (Lipinski definition) is 8. The van der Waals surface area contributed by atoms with E-state index in [9.17, 15) is 14.4 Å². The quantitative estimate of drug-likeness (QED) is 0.390. The molecule has 2 aromatic rings. The van der Waals surface area contributed by atoms with Gasteiger partial charge in [0.15, 0.2) is 0 Å². The van der Waals surface area contributed by atoms with E-state index in [2.05, 4.69) is 22.2 Å². The van der Waals surface area contributed by atoms with Crippen LogP contribution in [0.2, 0.25) is 0 Å². The largest absolute Gasteiger partial charge is 0.394 e. The van der Waals surface area contributed by atoms with E-state index in [1.807, 2.05) is 24.3 Å². The minimum Gasteiger partial charge on any atom is -0.394 e. The second-order valence-corrected chi connectivity index (χ2v) is 10.1. The number of urea groups is 1. The molecule has 1 aromatic carbocycles. The average Bonchev–Trinajstić information content (AvgIpc) is 2.93. The van der Waals surface area contributed by atoms with Gasteiger partial charge in [-0.3, -0.25) is 19.6 Å². The minimum atomic E-state index is -0.954. The highest BCUT2D eigenvalue weighted by Gasteiger charge is 2.27. The van der Waals surface area contributed by atoms with Gasteiger partial charge in [-0.25, -0.2) is 9.59 Å². The Balaban J connectivity index is 1.31. The number of piperazine rings is 1. The number of carbonyl (C=O) groups is 2. The summed E-state index contributed by atoms with van der Waals surface area (Å²) in [4.78, 5) is 46.9. The van der Waals surface area contributed by atoms with Gasteiger partial charge in [0.05, 0.1) is 12.3 Å². The molecule has 4 rings (SSSR count). The molecule has 3 amide bonds. The van der Waals surface area contributed by atoms with Gasteiger partial charge < -0.3 is 26.4 Å². The van der Waals surface area contributed by atoms with Crippen molar-refractivity contribution in [1.82, 2.24) is 24.3 Å². The second kappa shape index (κ2) is 12.5. The molecule has 1 aliphatic heterocycles. The maximum atomic E-state index is 12.7. The van der Waals surface area contributed by atoms with E-state index < -0.39 is 24.4 Å². The van der Waals surface area contributed by atoms with Crippen molar-refractivity contribution in [1.29, 1.82) is 0 Å². The summed E-state index contributed by atoms with van der Waals surface area (Å²) in [7, 11) is 2.14. The van der Waals surface area contributed by atoms with Gasteiger partial charge in [-0.1, -0.05) is 12.1 Å². The second-order valence-electron chi connectivity index (χ2n) is 10.1. The number of carbonyl (C=O) groups excluding carboxylic acids is 2. The van der Waals surface area contributed by atoms with Crippen LogP contribution in [0, 0.1) is 0 Å². The predicted octanol–water partition coefficient (Wildman–Crippen LogP) is -0.0701. The van der Waals surface area contributed by atoms with Gasteiger partial charge >= 0.3 is 11.7 Å². The Morgan fingerprint density at radius 3 is 2.32 bits per heavy atom. The molecule has 1 aromatic heterocycles. The standard InChI is InChI=1S/C26H38N8O4/c1-31(20-8-4-19(27)5-9-20)16-18-2-6-21(7-3-18)34-11-10-23(30-26(34)38)29-25(37)33-14-12-32(13-15-33)24(36)22(28)17-35/h2-3,6-7,10-11,19-20,22,35H,4-5,8-9,12-17,27-28H2,1H3,(H,29,30,37,38)/t19-,20-,22-/m0/s1. The van der Waals surface area contributed by atoms with E-state index in [-0.39, 0.29) is 11.7 Å². The molecule has 1 saturated heterocycles. The molecule has 206 valence electrons. The number of aromatic nitrogens is 2. The summed E-state index contributed by atoms with van der Waals surface area (Å²) in [6.07, 6.45) is 5.96. The fraction of sp³-hybridized carbons (Fsp3) is 0.538. The molecule has 38 heavy (non-hydrogen) atoms. The maximum absolute atomic E-state index is 12.7. The third-order valence-corrected chi connectivity index (χ3v) is 7.44. The van der Waals surface area contributed by atoms with E-state index in [4.69, 9.17) is 16.6 Å². The number of aliphatic hydroxyl groups excluding tert-OH is 1. The van der Waals surface area contributed by atoms with Crippen LogP contribution in [0.5, 0.6) is 0 Å². The lowest BCUT2D eigenvalue weighted by Gasteiger charge is -2.35. The van der Waals surface area contributed by atoms with Crippen molar-refractivity contribution in [3.8, 4) is 5.69 Å². The zero-order valence-electron chi connectivity index (χ0n) is 21.8. The molecule has 1 saturated carbocycles. The van der Waals surface area contributed by atoms with Crippen LogP contribution in [0.3, 0.4) is 0 Å². The van der Waals surface area contributed by atoms with Crippen molar-refractivity contribution in [2.45, 2.75) is 50.4 Å². The van der Waals surface area contributed by atoms with Gasteiger partial charge in [0, 0.05) is 51.0 Å². The summed E-state index contributed by atoms with van der Waals surface area (Å²) >= 11 is 0. The van der Waals surface area contributed by atoms with Crippen LogP contribution >= 0.6 is 0 Å². The molecule has 0 radical (unpaired) electrons. The third-order valence-electron chi connectivity index (χ3n) is 7.44. The fourth-order valence-electron chi connectivity index (χ4n) is 5.02. The highest BCUT2D eigenvalue weighted by atomic mass is 16.3. The Bertz CT molecular complexity index is 1150. The van der Waals surface area contributed by atoms with Crippen LogP contribution in [0.1, 0.15) is 31.2 Å². The average molecular weight is 527 g/mol. The number of benzene rings is 1. The van der Waals surface area contributed by atoms with Gasteiger partial charge in [-0.2, -0.15) is 4.98 Å². The van der Waals surface area contributed by atoms with Crippen LogP contribution in [0.15, 0.2) is 41.3 Å². The van der Waals surface area contributed by atoms with E-state index >= 15 is 0 Å². The number of nitrogens with one attached hydrogen (secondary N) is 1. The maximum Gasteiger partial charge on any atom is 0.354 e. The molecule has 2 aliphatic rings. The monoisotopic (exact) mass is 526 g/mol. The van der Waals surface area contributed by atoms with Crippen LogP contribution in [-0.2, 0) is 11.3 Å². The summed E-state index contributed by atoms with van der Waals surface area (Å²) in [6.45, 7) is 1.65.